The Hall–Kier alpha value is -0.730. The van der Waals surface area contributed by atoms with Gasteiger partial charge in [0.2, 0.25) is 10.0 Å². The average molecular weight is 339 g/mol. The number of hydrogen-bond acceptors (Lipinski definition) is 4. The van der Waals surface area contributed by atoms with E-state index in [1.807, 2.05) is 13.8 Å². The predicted octanol–water partition coefficient (Wildman–Crippen LogP) is 1.90. The number of benzene rings is 1. The largest absolute Gasteiger partial charge is 0.380 e. The van der Waals surface area contributed by atoms with Crippen LogP contribution in [0.15, 0.2) is 17.0 Å². The molecule has 0 bridgehead atoms. The zero-order valence-electron chi connectivity index (χ0n) is 12.1. The third kappa shape index (κ3) is 5.52. The average Bonchev–Trinajstić information content (AvgIpc) is 2.45. The molecule has 0 spiro atoms. The Morgan fingerprint density at radius 3 is 2.67 bits per heavy atom. The van der Waals surface area contributed by atoms with Crippen molar-refractivity contribution in [1.82, 2.24) is 10.0 Å². The lowest BCUT2D eigenvalue weighted by Crippen LogP contribution is -2.28. The maximum absolute atomic E-state index is 13.8. The minimum atomic E-state index is -3.78. The number of rotatable bonds is 9. The highest BCUT2D eigenvalue weighted by Crippen LogP contribution is 2.24. The van der Waals surface area contributed by atoms with Gasteiger partial charge in [0.05, 0.1) is 16.5 Å². The summed E-state index contributed by atoms with van der Waals surface area (Å²) < 4.78 is 45.3. The van der Waals surface area contributed by atoms with Crippen LogP contribution in [0, 0.1) is 5.82 Å². The summed E-state index contributed by atoms with van der Waals surface area (Å²) in [4.78, 5) is -0.145. The van der Waals surface area contributed by atoms with Crippen molar-refractivity contribution in [2.75, 3.05) is 26.3 Å². The highest BCUT2D eigenvalue weighted by molar-refractivity contribution is 7.89. The van der Waals surface area contributed by atoms with Crippen molar-refractivity contribution in [2.24, 2.45) is 0 Å². The molecule has 1 aromatic rings. The molecule has 120 valence electrons. The van der Waals surface area contributed by atoms with Crippen LogP contribution in [-0.4, -0.2) is 34.7 Å². The number of ether oxygens (including phenoxy) is 1. The van der Waals surface area contributed by atoms with Gasteiger partial charge in [-0.25, -0.2) is 17.5 Å². The van der Waals surface area contributed by atoms with Gasteiger partial charge in [-0.2, -0.15) is 0 Å². The smallest absolute Gasteiger partial charge is 0.240 e. The molecule has 0 heterocycles. The first-order valence-corrected chi connectivity index (χ1v) is 8.54. The molecule has 1 aromatic carbocycles. The summed E-state index contributed by atoms with van der Waals surface area (Å²) in [6, 6.07) is 2.29. The third-order valence-corrected chi connectivity index (χ3v) is 4.56. The van der Waals surface area contributed by atoms with Crippen LogP contribution in [-0.2, 0) is 21.3 Å². The molecule has 0 unspecified atom stereocenters. The second-order valence-corrected chi connectivity index (χ2v) is 6.40. The normalized spacial score (nSPS) is 11.8. The van der Waals surface area contributed by atoms with Crippen molar-refractivity contribution in [3.8, 4) is 0 Å². The van der Waals surface area contributed by atoms with Gasteiger partial charge in [0.15, 0.2) is 0 Å². The van der Waals surface area contributed by atoms with Crippen LogP contribution in [0.1, 0.15) is 19.4 Å². The molecule has 8 heteroatoms. The SMILES string of the molecule is CCNCc1cc(S(=O)(=O)NCCOCC)cc(F)c1Cl. The predicted molar refractivity (Wildman–Crippen MR) is 80.5 cm³/mol. The van der Waals surface area contributed by atoms with E-state index in [-0.39, 0.29) is 23.1 Å². The zero-order valence-corrected chi connectivity index (χ0v) is 13.7. The van der Waals surface area contributed by atoms with E-state index in [0.29, 0.717) is 25.3 Å². The molecule has 2 N–H and O–H groups in total. The molecule has 0 atom stereocenters. The first-order valence-electron chi connectivity index (χ1n) is 6.68. The summed E-state index contributed by atoms with van der Waals surface area (Å²) in [5, 5.41) is 2.92. The standard InChI is InChI=1S/C13H20ClFN2O3S/c1-3-16-9-10-7-11(8-12(15)13(10)14)21(18,19)17-5-6-20-4-2/h7-8,16-17H,3-6,9H2,1-2H3. The topological polar surface area (TPSA) is 67.4 Å². The summed E-state index contributed by atoms with van der Waals surface area (Å²) in [5.74, 6) is -0.753. The van der Waals surface area contributed by atoms with Gasteiger partial charge in [-0.1, -0.05) is 18.5 Å². The number of nitrogens with one attached hydrogen (secondary N) is 2. The van der Waals surface area contributed by atoms with Gasteiger partial charge in [0.1, 0.15) is 5.82 Å². The highest BCUT2D eigenvalue weighted by atomic mass is 35.5. The summed E-state index contributed by atoms with van der Waals surface area (Å²) in [7, 11) is -3.78. The van der Waals surface area contributed by atoms with Gasteiger partial charge < -0.3 is 10.1 Å². The summed E-state index contributed by atoms with van der Waals surface area (Å²) in [6.45, 7) is 5.56. The van der Waals surface area contributed by atoms with Crippen molar-refractivity contribution in [1.29, 1.82) is 0 Å². The van der Waals surface area contributed by atoms with Crippen LogP contribution in [0.3, 0.4) is 0 Å². The van der Waals surface area contributed by atoms with Crippen molar-refractivity contribution >= 4 is 21.6 Å². The van der Waals surface area contributed by atoms with Crippen LogP contribution in [0.25, 0.3) is 0 Å². The quantitative estimate of drug-likeness (QED) is 0.675. The van der Waals surface area contributed by atoms with Crippen LogP contribution in [0.4, 0.5) is 4.39 Å². The molecule has 1 rings (SSSR count). The van der Waals surface area contributed by atoms with E-state index in [1.165, 1.54) is 6.07 Å². The number of sulfonamides is 1. The molecule has 0 saturated carbocycles. The highest BCUT2D eigenvalue weighted by Gasteiger charge is 2.18. The molecular weight excluding hydrogens is 319 g/mol. The zero-order chi connectivity index (χ0) is 15.9. The Labute approximate surface area is 129 Å². The van der Waals surface area contributed by atoms with Gasteiger partial charge in [-0.15, -0.1) is 0 Å². The Balaban J connectivity index is 2.93. The lowest BCUT2D eigenvalue weighted by Gasteiger charge is -2.11. The van der Waals surface area contributed by atoms with Crippen molar-refractivity contribution in [3.05, 3.63) is 28.5 Å². The van der Waals surface area contributed by atoms with E-state index >= 15 is 0 Å². The van der Waals surface area contributed by atoms with E-state index in [4.69, 9.17) is 16.3 Å². The van der Waals surface area contributed by atoms with Gasteiger partial charge in [-0.3, -0.25) is 0 Å². The van der Waals surface area contributed by atoms with Gasteiger partial charge in [-0.05, 0) is 31.2 Å². The fraction of sp³-hybridized carbons (Fsp3) is 0.538. The second kappa shape index (κ2) is 8.65. The Kier molecular flexibility index (Phi) is 7.55. The van der Waals surface area contributed by atoms with Gasteiger partial charge in [0.25, 0.3) is 0 Å². The van der Waals surface area contributed by atoms with Crippen LogP contribution >= 0.6 is 11.6 Å². The number of hydrogen-bond donors (Lipinski definition) is 2. The monoisotopic (exact) mass is 338 g/mol. The minimum absolute atomic E-state index is 0.0655. The van der Waals surface area contributed by atoms with Crippen LogP contribution < -0.4 is 10.0 Å². The van der Waals surface area contributed by atoms with Crippen molar-refractivity contribution in [2.45, 2.75) is 25.3 Å². The lowest BCUT2D eigenvalue weighted by atomic mass is 10.2. The van der Waals surface area contributed by atoms with Crippen molar-refractivity contribution in [3.63, 3.8) is 0 Å². The fourth-order valence-corrected chi connectivity index (χ4v) is 2.89. The van der Waals surface area contributed by atoms with E-state index in [1.54, 1.807) is 0 Å². The summed E-state index contributed by atoms with van der Waals surface area (Å²) in [6.07, 6.45) is 0. The number of halogens is 2. The molecule has 5 nitrogen and oxygen atoms in total. The fourth-order valence-electron chi connectivity index (χ4n) is 1.64. The minimum Gasteiger partial charge on any atom is -0.380 e. The van der Waals surface area contributed by atoms with Crippen LogP contribution in [0.2, 0.25) is 5.02 Å². The molecular formula is C13H20ClFN2O3S. The Bertz CT molecular complexity index is 567. The maximum atomic E-state index is 13.8. The summed E-state index contributed by atoms with van der Waals surface area (Å²) >= 11 is 5.85. The van der Waals surface area contributed by atoms with Gasteiger partial charge >= 0.3 is 0 Å². The van der Waals surface area contributed by atoms with E-state index in [0.717, 1.165) is 6.07 Å². The maximum Gasteiger partial charge on any atom is 0.240 e. The van der Waals surface area contributed by atoms with E-state index in [9.17, 15) is 12.8 Å². The molecule has 0 aromatic heterocycles. The van der Waals surface area contributed by atoms with Gasteiger partial charge in [0, 0.05) is 19.7 Å². The van der Waals surface area contributed by atoms with E-state index < -0.39 is 15.8 Å². The molecule has 0 aliphatic heterocycles. The van der Waals surface area contributed by atoms with Crippen molar-refractivity contribution < 1.29 is 17.5 Å². The first-order chi connectivity index (χ1) is 9.92. The molecule has 0 aliphatic carbocycles. The first kappa shape index (κ1) is 18.3. The molecule has 0 fully saturated rings. The Morgan fingerprint density at radius 1 is 1.33 bits per heavy atom. The van der Waals surface area contributed by atoms with E-state index in [2.05, 4.69) is 10.0 Å². The third-order valence-electron chi connectivity index (χ3n) is 2.70. The summed E-state index contributed by atoms with van der Waals surface area (Å²) in [5.41, 5.74) is 0.406. The molecule has 0 saturated heterocycles. The second-order valence-electron chi connectivity index (χ2n) is 4.25. The Morgan fingerprint density at radius 2 is 2.05 bits per heavy atom. The van der Waals surface area contributed by atoms with Crippen LogP contribution in [0.5, 0.6) is 0 Å². The molecule has 21 heavy (non-hydrogen) atoms. The molecule has 0 radical (unpaired) electrons. The lowest BCUT2D eigenvalue weighted by molar-refractivity contribution is 0.153. The molecule has 0 aliphatic rings. The molecule has 0 amide bonds.